The lowest BCUT2D eigenvalue weighted by molar-refractivity contribution is 0.173. The second kappa shape index (κ2) is 26.0. The van der Waals surface area contributed by atoms with Gasteiger partial charge in [0.25, 0.3) is 0 Å². The summed E-state index contributed by atoms with van der Waals surface area (Å²) in [6.07, 6.45) is 15.7. The molecule has 5 fully saturated rings. The lowest BCUT2D eigenvalue weighted by Gasteiger charge is -2.27. The molecule has 4 aromatic rings. The number of benzene rings is 4. The van der Waals surface area contributed by atoms with E-state index in [1.807, 2.05) is 56.0 Å². The maximum atomic E-state index is 12.9. The van der Waals surface area contributed by atoms with Crippen LogP contribution in [0.15, 0.2) is 146 Å². The van der Waals surface area contributed by atoms with Crippen LogP contribution in [0.5, 0.6) is 0 Å². The number of anilines is 3. The van der Waals surface area contributed by atoms with Crippen LogP contribution in [0.4, 0.5) is 36.2 Å². The number of urea groups is 4. The van der Waals surface area contributed by atoms with Gasteiger partial charge in [0.05, 0.1) is 48.3 Å². The topological polar surface area (TPSA) is 94.2 Å². The van der Waals surface area contributed by atoms with Crippen LogP contribution in [0.2, 0.25) is 0 Å². The van der Waals surface area contributed by atoms with E-state index >= 15 is 0 Å². The van der Waals surface area contributed by atoms with E-state index in [-0.39, 0.29) is 54.3 Å². The number of hydrogen-bond acceptors (Lipinski definition) is 4. The van der Waals surface area contributed by atoms with Crippen LogP contribution < -0.4 is 14.7 Å². The van der Waals surface area contributed by atoms with Crippen LogP contribution in [-0.2, 0) is 6.54 Å². The first kappa shape index (κ1) is 60.8. The van der Waals surface area contributed by atoms with Crippen LogP contribution >= 0.6 is 0 Å². The van der Waals surface area contributed by atoms with Gasteiger partial charge in [-0.2, -0.15) is 0 Å². The van der Waals surface area contributed by atoms with Crippen molar-refractivity contribution >= 4 is 41.2 Å². The molecule has 83 heavy (non-hydrogen) atoms. The summed E-state index contributed by atoms with van der Waals surface area (Å²) in [6, 6.07) is 39.8. The Bertz CT molecular complexity index is 2840. The van der Waals surface area contributed by atoms with E-state index in [0.717, 1.165) is 49.7 Å². The second-order valence-corrected chi connectivity index (χ2v) is 26.8. The maximum absolute atomic E-state index is 12.9. The zero-order valence-corrected chi connectivity index (χ0v) is 52.3. The zero-order valence-electron chi connectivity index (χ0n) is 52.3. The molecule has 12 atom stereocenters. The lowest BCUT2D eigenvalue weighted by Crippen LogP contribution is -2.40. The van der Waals surface area contributed by atoms with Crippen molar-refractivity contribution in [3.63, 3.8) is 0 Å². The largest absolute Gasteiger partial charge is 0.325 e. The van der Waals surface area contributed by atoms with Crippen molar-refractivity contribution in [3.8, 4) is 0 Å². The van der Waals surface area contributed by atoms with E-state index in [4.69, 9.17) is 0 Å². The first-order valence-electron chi connectivity index (χ1n) is 31.3. The van der Waals surface area contributed by atoms with Gasteiger partial charge in [0, 0.05) is 49.8 Å². The molecule has 8 aliphatic rings. The Kier molecular flexibility index (Phi) is 19.0. The number of carbonyl (C=O) groups is 4. The summed E-state index contributed by atoms with van der Waals surface area (Å²) < 4.78 is 0. The number of aryl methyl sites for hydroxylation is 2. The van der Waals surface area contributed by atoms with Gasteiger partial charge in [0.1, 0.15) is 0 Å². The number of para-hydroxylation sites is 1. The quantitative estimate of drug-likeness (QED) is 0.125. The molecule has 4 aliphatic heterocycles. The van der Waals surface area contributed by atoms with Crippen molar-refractivity contribution in [3.05, 3.63) is 162 Å². The van der Waals surface area contributed by atoms with Crippen LogP contribution in [0, 0.1) is 61.2 Å². The van der Waals surface area contributed by atoms with Crippen LogP contribution in [0.1, 0.15) is 113 Å². The highest BCUT2D eigenvalue weighted by molar-refractivity contribution is 5.98. The maximum Gasteiger partial charge on any atom is 0.325 e. The first-order chi connectivity index (χ1) is 39.6. The van der Waals surface area contributed by atoms with Gasteiger partial charge in [-0.1, -0.05) is 203 Å². The molecule has 0 N–H and O–H groups in total. The number of fused-ring (bicyclic) bond motifs is 4. The van der Waals surface area contributed by atoms with E-state index in [1.165, 1.54) is 23.1 Å². The van der Waals surface area contributed by atoms with Gasteiger partial charge in [-0.05, 0) is 116 Å². The van der Waals surface area contributed by atoms with Gasteiger partial charge in [0.15, 0.2) is 0 Å². The zero-order chi connectivity index (χ0) is 59.6. The molecule has 4 heterocycles. The molecular weight excluding hydrogens is 1030 g/mol. The Morgan fingerprint density at radius 2 is 0.723 bits per heavy atom. The summed E-state index contributed by atoms with van der Waals surface area (Å²) in [4.78, 5) is 67.8. The molecule has 444 valence electrons. The summed E-state index contributed by atoms with van der Waals surface area (Å²) >= 11 is 0. The molecule has 1 saturated carbocycles. The van der Waals surface area contributed by atoms with Crippen molar-refractivity contribution in [2.45, 2.75) is 165 Å². The fourth-order valence-electron chi connectivity index (χ4n) is 14.4. The average molecular weight is 1130 g/mol. The van der Waals surface area contributed by atoms with Crippen LogP contribution in [-0.4, -0.2) is 123 Å². The summed E-state index contributed by atoms with van der Waals surface area (Å²) in [6.45, 7) is 34.5. The highest BCUT2D eigenvalue weighted by Crippen LogP contribution is 2.43. The minimum Gasteiger partial charge on any atom is -0.319 e. The standard InChI is InChI=1S/3C18H24N2O.C17H24N2O/c2*1-12(2)11-19-17-14(4)7-10-16(17)20(18(19)21)15-8-5-13(3)6-9-15;1-13(2)11-20-17-14(3)9-10-16(17)19(18(20)21)12-15-7-5-4-6-8-15;1-12(2)11-18-16-13(3)9-10-15(16)19(17(18)20)14-7-5-4-6-8-14/h2*5-10,12,14,16-17H,11H2,1-4H3;4-10,13-14,16-17H,11-12H2,1-3H3;4-8,12-13,15-16H,9-11H2,1-3H3/t3*14-,16-,17?;13-,15-,16?/m0000/s1. The fourth-order valence-corrected chi connectivity index (χ4v) is 14.4. The average Bonchev–Trinajstić information content (AvgIpc) is 2.32. The predicted octanol–water partition coefficient (Wildman–Crippen LogP) is 14.9. The van der Waals surface area contributed by atoms with Gasteiger partial charge < -0.3 is 24.5 Å². The minimum absolute atomic E-state index is 0.152. The lowest BCUT2D eigenvalue weighted by atomic mass is 10.0. The highest BCUT2D eigenvalue weighted by atomic mass is 16.2. The van der Waals surface area contributed by atoms with Crippen molar-refractivity contribution in [1.82, 2.24) is 24.5 Å². The fraction of sp³-hybridized carbons (Fsp3) is 0.521. The summed E-state index contributed by atoms with van der Waals surface area (Å²) in [5.74, 6) is 3.89. The SMILES string of the molecule is CC(C)CN1C(=O)N(Cc2ccccc2)[C@H]2C=C[C@H](C)C21.CC(C)CN1C(=O)N(c2ccccc2)[C@H]2CC[C@H](C)C21.Cc1ccc(N2C(=O)N(CC(C)C)C3[C@@H](C)C=C[C@@H]32)cc1.Cc1ccc(N2C(=O)N(CC(C)C)C3[C@@H](C)C=C[C@@H]32)cc1. The Morgan fingerprint density at radius 3 is 1.14 bits per heavy atom. The number of amides is 8. The Labute approximate surface area is 497 Å². The number of nitrogens with zero attached hydrogens (tertiary/aromatic N) is 8. The highest BCUT2D eigenvalue weighted by Gasteiger charge is 2.53. The summed E-state index contributed by atoms with van der Waals surface area (Å²) in [5, 5.41) is 0. The first-order valence-corrected chi connectivity index (χ1v) is 31.3. The van der Waals surface area contributed by atoms with E-state index < -0.39 is 0 Å². The van der Waals surface area contributed by atoms with Gasteiger partial charge in [-0.3, -0.25) is 14.7 Å². The molecule has 0 radical (unpaired) electrons. The van der Waals surface area contributed by atoms with Crippen LogP contribution in [0.3, 0.4) is 0 Å². The van der Waals surface area contributed by atoms with Crippen molar-refractivity contribution in [2.75, 3.05) is 40.9 Å². The molecule has 8 amide bonds. The molecule has 0 aromatic heterocycles. The van der Waals surface area contributed by atoms with Gasteiger partial charge in [0.2, 0.25) is 0 Å². The normalized spacial score (nSPS) is 28.2. The number of carbonyl (C=O) groups excluding carboxylic acids is 4. The van der Waals surface area contributed by atoms with E-state index in [0.29, 0.717) is 72.0 Å². The number of hydrogen-bond donors (Lipinski definition) is 0. The monoisotopic (exact) mass is 1120 g/mol. The van der Waals surface area contributed by atoms with Crippen LogP contribution in [0.25, 0.3) is 0 Å². The Hall–Kier alpha value is -6.82. The Morgan fingerprint density at radius 1 is 0.373 bits per heavy atom. The van der Waals surface area contributed by atoms with Crippen molar-refractivity contribution in [2.24, 2.45) is 47.3 Å². The van der Waals surface area contributed by atoms with Crippen molar-refractivity contribution < 1.29 is 19.2 Å². The molecule has 4 aromatic carbocycles. The molecule has 0 spiro atoms. The molecule has 12 rings (SSSR count). The molecule has 4 aliphatic carbocycles. The summed E-state index contributed by atoms with van der Waals surface area (Å²) in [7, 11) is 0. The van der Waals surface area contributed by atoms with E-state index in [1.54, 1.807) is 0 Å². The molecule has 4 saturated heterocycles. The third-order valence-electron chi connectivity index (χ3n) is 18.1. The van der Waals surface area contributed by atoms with Gasteiger partial charge >= 0.3 is 24.1 Å². The third-order valence-corrected chi connectivity index (χ3v) is 18.1. The second-order valence-electron chi connectivity index (χ2n) is 26.8. The van der Waals surface area contributed by atoms with Gasteiger partial charge in [-0.25, -0.2) is 19.2 Å². The predicted molar refractivity (Wildman–Crippen MR) is 340 cm³/mol. The molecule has 4 unspecified atom stereocenters. The summed E-state index contributed by atoms with van der Waals surface area (Å²) in [5.41, 5.74) is 6.70. The molecule has 12 nitrogen and oxygen atoms in total. The molecular formula is C71H96N8O4. The minimum atomic E-state index is 0.152. The smallest absolute Gasteiger partial charge is 0.319 e. The number of rotatable bonds is 13. The van der Waals surface area contributed by atoms with Crippen molar-refractivity contribution in [1.29, 1.82) is 0 Å². The van der Waals surface area contributed by atoms with E-state index in [2.05, 4.69) is 226 Å². The molecule has 12 heteroatoms. The molecule has 0 bridgehead atoms. The van der Waals surface area contributed by atoms with Gasteiger partial charge in [-0.15, -0.1) is 0 Å². The third kappa shape index (κ3) is 12.8. The van der Waals surface area contributed by atoms with E-state index in [9.17, 15) is 19.2 Å². The Balaban J connectivity index is 0.000000133.